The van der Waals surface area contributed by atoms with E-state index in [4.69, 9.17) is 4.52 Å². The molecule has 0 saturated carbocycles. The molecule has 0 aliphatic carbocycles. The van der Waals surface area contributed by atoms with E-state index in [1.807, 2.05) is 19.2 Å². The van der Waals surface area contributed by atoms with Crippen LogP contribution in [0.5, 0.6) is 0 Å². The molecular weight excluding hydrogens is 354 g/mol. The van der Waals surface area contributed by atoms with Gasteiger partial charge in [-0.2, -0.15) is 4.98 Å². The number of carbonyl (C=O) groups is 1. The Bertz CT molecular complexity index is 862. The largest absolute Gasteiger partial charge is 0.339 e. The minimum atomic E-state index is -0.241. The van der Waals surface area contributed by atoms with Gasteiger partial charge in [0, 0.05) is 30.7 Å². The number of hydrogen-bond acceptors (Lipinski definition) is 8. The second kappa shape index (κ2) is 8.00. The molecule has 3 heterocycles. The van der Waals surface area contributed by atoms with Gasteiger partial charge in [0.05, 0.1) is 25.0 Å². The Hall–Kier alpha value is -2.88. The molecule has 0 bridgehead atoms. The van der Waals surface area contributed by atoms with E-state index in [0.29, 0.717) is 24.0 Å². The summed E-state index contributed by atoms with van der Waals surface area (Å²) in [5, 5.41) is 9.36. The van der Waals surface area contributed by atoms with Gasteiger partial charge in [0.25, 0.3) is 0 Å². The van der Waals surface area contributed by atoms with E-state index in [1.165, 1.54) is 16.2 Å². The van der Waals surface area contributed by atoms with Crippen LogP contribution in [-0.2, 0) is 13.1 Å². The first-order valence-corrected chi connectivity index (χ1v) is 8.93. The number of nitrogens with one attached hydrogen (secondary N) is 1. The van der Waals surface area contributed by atoms with Crippen molar-refractivity contribution in [2.24, 2.45) is 0 Å². The van der Waals surface area contributed by atoms with Gasteiger partial charge >= 0.3 is 6.03 Å². The maximum absolute atomic E-state index is 12.2. The molecule has 2 amide bonds. The Morgan fingerprint density at radius 1 is 1.35 bits per heavy atom. The van der Waals surface area contributed by atoms with Crippen molar-refractivity contribution in [3.63, 3.8) is 0 Å². The lowest BCUT2D eigenvalue weighted by molar-refractivity contribution is 0.204. The molecule has 0 aliphatic heterocycles. The van der Waals surface area contributed by atoms with Crippen LogP contribution in [0.1, 0.15) is 37.2 Å². The van der Waals surface area contributed by atoms with Crippen molar-refractivity contribution in [1.82, 2.24) is 35.3 Å². The molecule has 9 nitrogen and oxygen atoms in total. The molecule has 136 valence electrons. The molecule has 0 fully saturated rings. The molecule has 0 spiro atoms. The summed E-state index contributed by atoms with van der Waals surface area (Å²) in [4.78, 5) is 30.7. The van der Waals surface area contributed by atoms with Crippen LogP contribution >= 0.6 is 11.3 Å². The van der Waals surface area contributed by atoms with Crippen LogP contribution in [0.15, 0.2) is 28.5 Å². The van der Waals surface area contributed by atoms with Crippen LogP contribution in [0.25, 0.3) is 10.7 Å². The standard InChI is InChI=1S/C16H19N7O2S/c1-10(2)14-21-13(22-25-14)8-23(3)16(24)19-6-11-9-26-15(20-11)12-7-17-4-5-18-12/h4-5,7,9-10H,6,8H2,1-3H3,(H,19,24). The Morgan fingerprint density at radius 2 is 2.19 bits per heavy atom. The number of rotatable bonds is 6. The second-order valence-corrected chi connectivity index (χ2v) is 6.81. The average Bonchev–Trinajstić information content (AvgIpc) is 3.30. The Kier molecular flexibility index (Phi) is 5.52. The topological polar surface area (TPSA) is 110 Å². The zero-order valence-electron chi connectivity index (χ0n) is 14.7. The Balaban J connectivity index is 1.52. The van der Waals surface area contributed by atoms with Crippen molar-refractivity contribution < 1.29 is 9.32 Å². The van der Waals surface area contributed by atoms with E-state index in [9.17, 15) is 4.79 Å². The van der Waals surface area contributed by atoms with Crippen molar-refractivity contribution in [3.05, 3.63) is 41.4 Å². The maximum Gasteiger partial charge on any atom is 0.317 e. The van der Waals surface area contributed by atoms with E-state index in [1.54, 1.807) is 25.6 Å². The van der Waals surface area contributed by atoms with E-state index < -0.39 is 0 Å². The highest BCUT2D eigenvalue weighted by Crippen LogP contribution is 2.20. The normalized spacial score (nSPS) is 10.9. The summed E-state index contributed by atoms with van der Waals surface area (Å²) in [6.45, 7) is 4.53. The third-order valence-corrected chi connectivity index (χ3v) is 4.37. The van der Waals surface area contributed by atoms with Crippen molar-refractivity contribution in [3.8, 4) is 10.7 Å². The van der Waals surface area contributed by atoms with Crippen LogP contribution in [-0.4, -0.2) is 43.1 Å². The van der Waals surface area contributed by atoms with Crippen LogP contribution in [0, 0.1) is 0 Å². The summed E-state index contributed by atoms with van der Waals surface area (Å²) in [5.41, 5.74) is 1.48. The summed E-state index contributed by atoms with van der Waals surface area (Å²) in [6, 6.07) is -0.241. The number of hydrogen-bond donors (Lipinski definition) is 1. The fourth-order valence-electron chi connectivity index (χ4n) is 2.07. The first-order valence-electron chi connectivity index (χ1n) is 8.05. The van der Waals surface area contributed by atoms with Gasteiger partial charge in [0.1, 0.15) is 10.7 Å². The van der Waals surface area contributed by atoms with Crippen LogP contribution in [0.4, 0.5) is 4.79 Å². The first-order chi connectivity index (χ1) is 12.5. The van der Waals surface area contributed by atoms with Gasteiger partial charge in [-0.3, -0.25) is 9.97 Å². The molecule has 1 N–H and O–H groups in total. The number of thiazole rings is 1. The molecule has 3 aromatic heterocycles. The summed E-state index contributed by atoms with van der Waals surface area (Å²) in [7, 11) is 1.67. The van der Waals surface area contributed by atoms with Gasteiger partial charge < -0.3 is 14.7 Å². The molecule has 0 saturated heterocycles. The quantitative estimate of drug-likeness (QED) is 0.706. The van der Waals surface area contributed by atoms with Gasteiger partial charge in [0.2, 0.25) is 5.89 Å². The van der Waals surface area contributed by atoms with Crippen molar-refractivity contribution >= 4 is 17.4 Å². The molecule has 0 unspecified atom stereocenters. The lowest BCUT2D eigenvalue weighted by Gasteiger charge is -2.15. The molecule has 0 radical (unpaired) electrons. The van der Waals surface area contributed by atoms with Crippen LogP contribution in [0.2, 0.25) is 0 Å². The molecule has 0 atom stereocenters. The Morgan fingerprint density at radius 3 is 2.88 bits per heavy atom. The number of carbonyl (C=O) groups excluding carboxylic acids is 1. The van der Waals surface area contributed by atoms with Crippen molar-refractivity contribution in [2.75, 3.05) is 7.05 Å². The van der Waals surface area contributed by atoms with Gasteiger partial charge in [-0.05, 0) is 0 Å². The van der Waals surface area contributed by atoms with E-state index >= 15 is 0 Å². The van der Waals surface area contributed by atoms with Crippen LogP contribution < -0.4 is 5.32 Å². The minimum absolute atomic E-state index is 0.156. The van der Waals surface area contributed by atoms with Crippen LogP contribution in [0.3, 0.4) is 0 Å². The SMILES string of the molecule is CC(C)c1nc(CN(C)C(=O)NCc2csc(-c3cnccn3)n2)no1. The monoisotopic (exact) mass is 373 g/mol. The summed E-state index contributed by atoms with van der Waals surface area (Å²) < 4.78 is 5.14. The fraction of sp³-hybridized carbons (Fsp3) is 0.375. The molecule has 3 rings (SSSR count). The van der Waals surface area contributed by atoms with Gasteiger partial charge in [-0.25, -0.2) is 9.78 Å². The van der Waals surface area contributed by atoms with Gasteiger partial charge in [0.15, 0.2) is 5.82 Å². The molecule has 3 aromatic rings. The zero-order valence-corrected chi connectivity index (χ0v) is 15.5. The smallest absolute Gasteiger partial charge is 0.317 e. The maximum atomic E-state index is 12.2. The minimum Gasteiger partial charge on any atom is -0.339 e. The number of nitrogens with zero attached hydrogens (tertiary/aromatic N) is 6. The zero-order chi connectivity index (χ0) is 18.5. The van der Waals surface area contributed by atoms with E-state index in [2.05, 4.69) is 30.4 Å². The molecule has 0 aliphatic rings. The molecule has 0 aromatic carbocycles. The average molecular weight is 373 g/mol. The predicted octanol–water partition coefficient (Wildman–Crippen LogP) is 2.45. The third kappa shape index (κ3) is 4.39. The molecule has 26 heavy (non-hydrogen) atoms. The predicted molar refractivity (Wildman–Crippen MR) is 95.2 cm³/mol. The third-order valence-electron chi connectivity index (χ3n) is 3.46. The lowest BCUT2D eigenvalue weighted by atomic mass is 10.2. The summed E-state index contributed by atoms with van der Waals surface area (Å²) in [5.74, 6) is 1.20. The van der Waals surface area contributed by atoms with Crippen molar-refractivity contribution in [1.29, 1.82) is 0 Å². The highest BCUT2D eigenvalue weighted by molar-refractivity contribution is 7.13. The fourth-order valence-corrected chi connectivity index (χ4v) is 2.85. The number of amides is 2. The highest BCUT2D eigenvalue weighted by atomic mass is 32.1. The molecular formula is C16H19N7O2S. The van der Waals surface area contributed by atoms with Crippen molar-refractivity contribution in [2.45, 2.75) is 32.9 Å². The highest BCUT2D eigenvalue weighted by Gasteiger charge is 2.15. The summed E-state index contributed by atoms with van der Waals surface area (Å²) >= 11 is 1.46. The van der Waals surface area contributed by atoms with E-state index in [-0.39, 0.29) is 18.5 Å². The molecule has 10 heteroatoms. The van der Waals surface area contributed by atoms with Gasteiger partial charge in [-0.1, -0.05) is 19.0 Å². The lowest BCUT2D eigenvalue weighted by Crippen LogP contribution is -2.36. The second-order valence-electron chi connectivity index (χ2n) is 5.95. The Labute approximate surface area is 154 Å². The summed E-state index contributed by atoms with van der Waals surface area (Å²) in [6.07, 6.45) is 4.89. The number of urea groups is 1. The number of aromatic nitrogens is 5. The first kappa shape index (κ1) is 17.9. The van der Waals surface area contributed by atoms with E-state index in [0.717, 1.165) is 10.7 Å². The van der Waals surface area contributed by atoms with Gasteiger partial charge in [-0.15, -0.1) is 11.3 Å².